The summed E-state index contributed by atoms with van der Waals surface area (Å²) in [6.45, 7) is 5.49. The first-order valence-corrected chi connectivity index (χ1v) is 11.9. The second kappa shape index (κ2) is 10.5. The summed E-state index contributed by atoms with van der Waals surface area (Å²) < 4.78 is 15.4. The Morgan fingerprint density at radius 1 is 1.17 bits per heavy atom. The van der Waals surface area contributed by atoms with Gasteiger partial charge in [0.1, 0.15) is 23.6 Å². The van der Waals surface area contributed by atoms with Gasteiger partial charge in [-0.25, -0.2) is 4.79 Å². The Kier molecular flexibility index (Phi) is 7.92. The van der Waals surface area contributed by atoms with Gasteiger partial charge < -0.3 is 24.8 Å². The molecule has 2 aliphatic rings. The molecule has 10 heteroatoms. The van der Waals surface area contributed by atoms with Crippen molar-refractivity contribution in [2.75, 3.05) is 32.7 Å². The molecule has 0 atom stereocenters. The number of benzene rings is 1. The summed E-state index contributed by atoms with van der Waals surface area (Å²) in [4.78, 5) is 51.1. The topological polar surface area (TPSA) is 123 Å². The standard InChI is InChI=1S/C25H35N3O7/c1-6-24(2,3)16-9-11-25(12-10-16)22(31)28(23(32)27-25)14-21(30)35-15-20(29)26-18-13-17(33-4)7-8-19(18)34-5/h7-8,13,16H,6,9-12,14-15H2,1-5H3,(H,26,29)(H,27,32). The van der Waals surface area contributed by atoms with E-state index in [1.165, 1.54) is 14.2 Å². The normalized spacial score (nSPS) is 22.1. The monoisotopic (exact) mass is 489 g/mol. The van der Waals surface area contributed by atoms with Gasteiger partial charge in [-0.05, 0) is 49.1 Å². The van der Waals surface area contributed by atoms with Crippen LogP contribution in [0.15, 0.2) is 18.2 Å². The summed E-state index contributed by atoms with van der Waals surface area (Å²) in [6, 6.07) is 4.27. The van der Waals surface area contributed by atoms with E-state index in [9.17, 15) is 19.2 Å². The number of nitrogens with one attached hydrogen (secondary N) is 2. The Labute approximate surface area is 205 Å². The van der Waals surface area contributed by atoms with Crippen LogP contribution in [0.3, 0.4) is 0 Å². The molecule has 3 rings (SSSR count). The highest BCUT2D eigenvalue weighted by Crippen LogP contribution is 2.45. The molecule has 1 heterocycles. The second-order valence-corrected chi connectivity index (χ2v) is 9.80. The zero-order valence-electron chi connectivity index (χ0n) is 21.1. The maximum absolute atomic E-state index is 13.1. The first-order valence-electron chi connectivity index (χ1n) is 11.9. The van der Waals surface area contributed by atoms with E-state index in [2.05, 4.69) is 31.4 Å². The summed E-state index contributed by atoms with van der Waals surface area (Å²) in [5.74, 6) is -0.457. The number of esters is 1. The molecule has 1 saturated carbocycles. The van der Waals surface area contributed by atoms with E-state index in [1.807, 2.05) is 0 Å². The predicted molar refractivity (Wildman–Crippen MR) is 128 cm³/mol. The number of hydrogen-bond donors (Lipinski definition) is 2. The molecule has 0 aromatic heterocycles. The highest BCUT2D eigenvalue weighted by molar-refractivity contribution is 6.08. The fourth-order valence-electron chi connectivity index (χ4n) is 4.76. The van der Waals surface area contributed by atoms with Gasteiger partial charge in [0.2, 0.25) is 0 Å². The van der Waals surface area contributed by atoms with Crippen LogP contribution in [0.1, 0.15) is 52.9 Å². The maximum atomic E-state index is 13.1. The Bertz CT molecular complexity index is 983. The molecule has 192 valence electrons. The Balaban J connectivity index is 1.53. The molecule has 1 spiro atoms. The second-order valence-electron chi connectivity index (χ2n) is 9.80. The van der Waals surface area contributed by atoms with Gasteiger partial charge >= 0.3 is 12.0 Å². The van der Waals surface area contributed by atoms with E-state index in [4.69, 9.17) is 14.2 Å². The lowest BCUT2D eigenvalue weighted by Crippen LogP contribution is -2.51. The molecular formula is C25H35N3O7. The average molecular weight is 490 g/mol. The van der Waals surface area contributed by atoms with Crippen molar-refractivity contribution in [3.63, 3.8) is 0 Å². The van der Waals surface area contributed by atoms with Crippen LogP contribution in [0, 0.1) is 11.3 Å². The first kappa shape index (κ1) is 26.3. The van der Waals surface area contributed by atoms with E-state index >= 15 is 0 Å². The molecule has 1 aromatic rings. The third-order valence-corrected chi connectivity index (χ3v) is 7.43. The molecule has 2 N–H and O–H groups in total. The first-order chi connectivity index (χ1) is 16.5. The smallest absolute Gasteiger partial charge is 0.326 e. The van der Waals surface area contributed by atoms with Crippen molar-refractivity contribution in [2.45, 2.75) is 58.4 Å². The third-order valence-electron chi connectivity index (χ3n) is 7.43. The molecule has 1 aliphatic heterocycles. The Morgan fingerprint density at radius 2 is 1.86 bits per heavy atom. The van der Waals surface area contributed by atoms with E-state index in [0.717, 1.165) is 24.2 Å². The Morgan fingerprint density at radius 3 is 2.46 bits per heavy atom. The average Bonchev–Trinajstić information content (AvgIpc) is 3.06. The summed E-state index contributed by atoms with van der Waals surface area (Å²) in [5, 5.41) is 5.40. The molecule has 1 aromatic carbocycles. The quantitative estimate of drug-likeness (QED) is 0.404. The van der Waals surface area contributed by atoms with Crippen LogP contribution in [-0.4, -0.2) is 61.6 Å². The van der Waals surface area contributed by atoms with Crippen molar-refractivity contribution in [1.29, 1.82) is 0 Å². The summed E-state index contributed by atoms with van der Waals surface area (Å²) in [5.41, 5.74) is -0.435. The van der Waals surface area contributed by atoms with Crippen molar-refractivity contribution in [3.8, 4) is 11.5 Å². The molecule has 4 amide bonds. The van der Waals surface area contributed by atoms with Crippen LogP contribution < -0.4 is 20.1 Å². The van der Waals surface area contributed by atoms with Crippen molar-refractivity contribution in [1.82, 2.24) is 10.2 Å². The number of methoxy groups -OCH3 is 2. The van der Waals surface area contributed by atoms with Gasteiger partial charge in [0, 0.05) is 6.07 Å². The van der Waals surface area contributed by atoms with Gasteiger partial charge in [0.15, 0.2) is 6.61 Å². The van der Waals surface area contributed by atoms with Crippen molar-refractivity contribution >= 4 is 29.5 Å². The van der Waals surface area contributed by atoms with Crippen molar-refractivity contribution in [3.05, 3.63) is 18.2 Å². The fraction of sp³-hybridized carbons (Fsp3) is 0.600. The molecule has 10 nitrogen and oxygen atoms in total. The van der Waals surface area contributed by atoms with Gasteiger partial charge in [-0.2, -0.15) is 0 Å². The lowest BCUT2D eigenvalue weighted by molar-refractivity contribution is -0.150. The summed E-state index contributed by atoms with van der Waals surface area (Å²) in [6.07, 6.45) is 3.79. The summed E-state index contributed by atoms with van der Waals surface area (Å²) >= 11 is 0. The molecule has 1 aliphatic carbocycles. The van der Waals surface area contributed by atoms with Crippen LogP contribution in [-0.2, 0) is 19.1 Å². The number of ether oxygens (including phenoxy) is 3. The van der Waals surface area contributed by atoms with Crippen LogP contribution in [0.4, 0.5) is 10.5 Å². The number of carbonyl (C=O) groups is 4. The van der Waals surface area contributed by atoms with E-state index in [0.29, 0.717) is 35.9 Å². The number of imide groups is 1. The molecule has 0 bridgehead atoms. The number of anilines is 1. The zero-order chi connectivity index (χ0) is 25.8. The molecule has 2 fully saturated rings. The third kappa shape index (κ3) is 5.68. The van der Waals surface area contributed by atoms with Crippen LogP contribution in [0.5, 0.6) is 11.5 Å². The summed E-state index contributed by atoms with van der Waals surface area (Å²) in [7, 11) is 2.95. The predicted octanol–water partition coefficient (Wildman–Crippen LogP) is 3.10. The molecule has 1 saturated heterocycles. The van der Waals surface area contributed by atoms with Crippen molar-refractivity contribution < 1.29 is 33.4 Å². The molecular weight excluding hydrogens is 454 g/mol. The van der Waals surface area contributed by atoms with Gasteiger partial charge in [0.05, 0.1) is 19.9 Å². The minimum atomic E-state index is -0.960. The molecule has 35 heavy (non-hydrogen) atoms. The van der Waals surface area contributed by atoms with E-state index in [-0.39, 0.29) is 5.41 Å². The van der Waals surface area contributed by atoms with Crippen molar-refractivity contribution in [2.24, 2.45) is 11.3 Å². The van der Waals surface area contributed by atoms with Gasteiger partial charge in [-0.1, -0.05) is 27.2 Å². The van der Waals surface area contributed by atoms with Crippen LogP contribution >= 0.6 is 0 Å². The number of amides is 4. The van der Waals surface area contributed by atoms with Crippen LogP contribution in [0.2, 0.25) is 0 Å². The minimum Gasteiger partial charge on any atom is -0.497 e. The van der Waals surface area contributed by atoms with Gasteiger partial charge in [-0.15, -0.1) is 0 Å². The van der Waals surface area contributed by atoms with Gasteiger partial charge in [0.25, 0.3) is 11.8 Å². The lowest BCUT2D eigenvalue weighted by Gasteiger charge is -2.42. The number of urea groups is 1. The Hall–Kier alpha value is -3.30. The van der Waals surface area contributed by atoms with Crippen LogP contribution in [0.25, 0.3) is 0 Å². The number of hydrogen-bond acceptors (Lipinski definition) is 7. The number of nitrogens with zero attached hydrogens (tertiary/aromatic N) is 1. The fourth-order valence-corrected chi connectivity index (χ4v) is 4.76. The minimum absolute atomic E-state index is 0.173. The SMILES string of the molecule is CCC(C)(C)C1CCC2(CC1)NC(=O)N(CC(=O)OCC(=O)Nc1cc(OC)ccc1OC)C2=O. The number of rotatable bonds is 9. The zero-order valence-corrected chi connectivity index (χ0v) is 21.1. The highest BCUT2D eigenvalue weighted by atomic mass is 16.5. The number of carbonyl (C=O) groups excluding carboxylic acids is 4. The van der Waals surface area contributed by atoms with Gasteiger partial charge in [-0.3, -0.25) is 19.3 Å². The molecule has 0 unspecified atom stereocenters. The van der Waals surface area contributed by atoms with E-state index in [1.54, 1.807) is 18.2 Å². The lowest BCUT2D eigenvalue weighted by atomic mass is 9.65. The largest absolute Gasteiger partial charge is 0.497 e. The maximum Gasteiger partial charge on any atom is 0.326 e. The molecule has 0 radical (unpaired) electrons. The highest BCUT2D eigenvalue weighted by Gasteiger charge is 2.53. The van der Waals surface area contributed by atoms with E-state index < -0.39 is 42.5 Å².